The summed E-state index contributed by atoms with van der Waals surface area (Å²) in [5.74, 6) is -0.350. The van der Waals surface area contributed by atoms with Crippen molar-refractivity contribution in [2.75, 3.05) is 0 Å². The van der Waals surface area contributed by atoms with Crippen molar-refractivity contribution in [1.29, 1.82) is 0 Å². The second-order valence-electron chi connectivity index (χ2n) is 5.85. The van der Waals surface area contributed by atoms with E-state index in [1.54, 1.807) is 17.7 Å². The zero-order valence-electron chi connectivity index (χ0n) is 13.1. The van der Waals surface area contributed by atoms with Gasteiger partial charge < -0.3 is 0 Å². The average Bonchev–Trinajstić information content (AvgIpc) is 3.16. The van der Waals surface area contributed by atoms with Gasteiger partial charge in [0, 0.05) is 15.8 Å². The van der Waals surface area contributed by atoms with Crippen LogP contribution in [0.1, 0.15) is 34.1 Å². The predicted molar refractivity (Wildman–Crippen MR) is 95.5 cm³/mol. The Labute approximate surface area is 147 Å². The lowest BCUT2D eigenvalue weighted by molar-refractivity contribution is 0.0994. The molecule has 24 heavy (non-hydrogen) atoms. The second kappa shape index (κ2) is 6.26. The first-order chi connectivity index (χ1) is 11.6. The quantitative estimate of drug-likeness (QED) is 0.386. The number of rotatable bonds is 4. The van der Waals surface area contributed by atoms with Gasteiger partial charge in [-0.2, -0.15) is 0 Å². The van der Waals surface area contributed by atoms with Crippen molar-refractivity contribution < 1.29 is 9.18 Å². The zero-order chi connectivity index (χ0) is 16.7. The van der Waals surface area contributed by atoms with Crippen molar-refractivity contribution in [3.8, 4) is 0 Å². The Morgan fingerprint density at radius 3 is 2.83 bits per heavy atom. The number of ketones is 1. The van der Waals surface area contributed by atoms with Crippen molar-refractivity contribution >= 4 is 39.1 Å². The number of aryl methyl sites for hydroxylation is 2. The highest BCUT2D eigenvalue weighted by molar-refractivity contribution is 8.00. The van der Waals surface area contributed by atoms with E-state index in [0.29, 0.717) is 5.56 Å². The predicted octanol–water partition coefficient (Wildman–Crippen LogP) is 4.68. The Bertz CT molecular complexity index is 921. The third-order valence-electron chi connectivity index (χ3n) is 4.25. The number of halogens is 1. The Morgan fingerprint density at radius 2 is 2.04 bits per heavy atom. The summed E-state index contributed by atoms with van der Waals surface area (Å²) >= 11 is 3.21. The van der Waals surface area contributed by atoms with Gasteiger partial charge in [-0.3, -0.25) is 4.79 Å². The van der Waals surface area contributed by atoms with Gasteiger partial charge in [-0.25, -0.2) is 14.4 Å². The normalized spacial score (nSPS) is 14.8. The number of thiophene rings is 1. The van der Waals surface area contributed by atoms with Crippen LogP contribution in [0.4, 0.5) is 4.39 Å². The third-order valence-corrected chi connectivity index (χ3v) is 6.55. The molecule has 0 spiro atoms. The van der Waals surface area contributed by atoms with Gasteiger partial charge in [-0.05, 0) is 56.0 Å². The molecule has 1 aromatic carbocycles. The standard InChI is InChI=1S/C18H15FN2OS2/c1-10(16(22)11-5-7-12(19)8-6-11)23-17-15-13-3-2-4-14(13)24-18(15)21-9-20-17/h5-10H,2-4H2,1H3/t10-/m1/s1. The monoisotopic (exact) mass is 358 g/mol. The molecular weight excluding hydrogens is 343 g/mol. The maximum Gasteiger partial charge on any atom is 0.175 e. The van der Waals surface area contributed by atoms with E-state index in [1.807, 2.05) is 6.92 Å². The van der Waals surface area contributed by atoms with Crippen molar-refractivity contribution in [3.63, 3.8) is 0 Å². The minimum Gasteiger partial charge on any atom is -0.293 e. The van der Waals surface area contributed by atoms with Crippen molar-refractivity contribution in [2.24, 2.45) is 0 Å². The van der Waals surface area contributed by atoms with Crippen molar-refractivity contribution in [1.82, 2.24) is 9.97 Å². The molecule has 1 aliphatic carbocycles. The van der Waals surface area contributed by atoms with Crippen LogP contribution in [0, 0.1) is 5.82 Å². The van der Waals surface area contributed by atoms with E-state index in [2.05, 4.69) is 9.97 Å². The fraction of sp³-hybridized carbons (Fsp3) is 0.278. The summed E-state index contributed by atoms with van der Waals surface area (Å²) in [6.07, 6.45) is 4.94. The lowest BCUT2D eigenvalue weighted by Gasteiger charge is -2.11. The van der Waals surface area contributed by atoms with Gasteiger partial charge in [0.1, 0.15) is 22.0 Å². The van der Waals surface area contributed by atoms with Crippen LogP contribution in [0.3, 0.4) is 0 Å². The van der Waals surface area contributed by atoms with Gasteiger partial charge in [0.2, 0.25) is 0 Å². The topological polar surface area (TPSA) is 42.9 Å². The van der Waals surface area contributed by atoms with Crippen LogP contribution in [0.5, 0.6) is 0 Å². The van der Waals surface area contributed by atoms with Crippen molar-refractivity contribution in [2.45, 2.75) is 36.5 Å². The van der Waals surface area contributed by atoms with Crippen molar-refractivity contribution in [3.05, 3.63) is 52.4 Å². The molecule has 6 heteroatoms. The van der Waals surface area contributed by atoms with Gasteiger partial charge in [0.15, 0.2) is 5.78 Å². The van der Waals surface area contributed by atoms with E-state index in [0.717, 1.165) is 28.1 Å². The largest absolute Gasteiger partial charge is 0.293 e. The number of hydrogen-bond donors (Lipinski definition) is 0. The molecule has 0 unspecified atom stereocenters. The fourth-order valence-corrected chi connectivity index (χ4v) is 5.38. The SMILES string of the molecule is C[C@@H](Sc1ncnc2sc3c(c12)CCC3)C(=O)c1ccc(F)cc1. The highest BCUT2D eigenvalue weighted by Gasteiger charge is 2.24. The van der Waals surface area contributed by atoms with E-state index in [1.165, 1.54) is 52.9 Å². The molecule has 0 saturated heterocycles. The number of hydrogen-bond acceptors (Lipinski definition) is 5. The Hall–Kier alpha value is -1.79. The molecule has 0 aliphatic heterocycles. The van der Waals surface area contributed by atoms with Gasteiger partial charge >= 0.3 is 0 Å². The Balaban J connectivity index is 1.64. The van der Waals surface area contributed by atoms with Crippen LogP contribution in [0.2, 0.25) is 0 Å². The van der Waals surface area contributed by atoms with E-state index < -0.39 is 0 Å². The number of thioether (sulfide) groups is 1. The van der Waals surface area contributed by atoms with Gasteiger partial charge in [0.05, 0.1) is 5.25 Å². The molecule has 0 saturated carbocycles. The van der Waals surface area contributed by atoms with Crippen LogP contribution in [-0.2, 0) is 12.8 Å². The van der Waals surface area contributed by atoms with Gasteiger partial charge in [-0.15, -0.1) is 11.3 Å². The zero-order valence-corrected chi connectivity index (χ0v) is 14.7. The summed E-state index contributed by atoms with van der Waals surface area (Å²) in [5.41, 5.74) is 1.89. The highest BCUT2D eigenvalue weighted by Crippen LogP contribution is 2.41. The summed E-state index contributed by atoms with van der Waals surface area (Å²) in [6.45, 7) is 1.87. The molecule has 1 aliphatic rings. The van der Waals surface area contributed by atoms with Crippen LogP contribution < -0.4 is 0 Å². The van der Waals surface area contributed by atoms with E-state index >= 15 is 0 Å². The van der Waals surface area contributed by atoms with Crippen LogP contribution in [0.25, 0.3) is 10.2 Å². The summed E-state index contributed by atoms with van der Waals surface area (Å²) in [4.78, 5) is 23.8. The van der Waals surface area contributed by atoms with Gasteiger partial charge in [0.25, 0.3) is 0 Å². The molecule has 0 radical (unpaired) electrons. The number of nitrogens with zero attached hydrogens (tertiary/aromatic N) is 2. The summed E-state index contributed by atoms with van der Waals surface area (Å²) < 4.78 is 13.0. The number of carbonyl (C=O) groups is 1. The summed E-state index contributed by atoms with van der Waals surface area (Å²) in [7, 11) is 0. The van der Waals surface area contributed by atoms with E-state index in [-0.39, 0.29) is 16.9 Å². The lowest BCUT2D eigenvalue weighted by atomic mass is 10.1. The molecule has 0 bridgehead atoms. The number of carbonyl (C=O) groups excluding carboxylic acids is 1. The molecule has 4 rings (SSSR count). The molecule has 1 atom stereocenters. The number of Topliss-reactive ketones (excluding diaryl/α,β-unsaturated/α-hetero) is 1. The average molecular weight is 358 g/mol. The number of fused-ring (bicyclic) bond motifs is 3. The molecule has 3 nitrogen and oxygen atoms in total. The molecule has 3 aromatic rings. The highest BCUT2D eigenvalue weighted by atomic mass is 32.2. The Kier molecular flexibility index (Phi) is 4.10. The first kappa shape index (κ1) is 15.7. The minimum absolute atomic E-state index is 0.0152. The van der Waals surface area contributed by atoms with Crippen LogP contribution >= 0.6 is 23.1 Å². The minimum atomic E-state index is -0.335. The Morgan fingerprint density at radius 1 is 1.25 bits per heavy atom. The molecule has 0 fully saturated rings. The molecule has 2 aromatic heterocycles. The molecule has 0 N–H and O–H groups in total. The second-order valence-corrected chi connectivity index (χ2v) is 8.26. The maximum atomic E-state index is 13.0. The summed E-state index contributed by atoms with van der Waals surface area (Å²) in [5, 5.41) is 1.71. The molecule has 122 valence electrons. The molecular formula is C18H15FN2OS2. The lowest BCUT2D eigenvalue weighted by Crippen LogP contribution is -2.13. The smallest absolute Gasteiger partial charge is 0.175 e. The molecule has 0 amide bonds. The van der Waals surface area contributed by atoms with Crippen LogP contribution in [-0.4, -0.2) is 21.0 Å². The van der Waals surface area contributed by atoms with Crippen LogP contribution in [0.15, 0.2) is 35.6 Å². The summed E-state index contributed by atoms with van der Waals surface area (Å²) in [6, 6.07) is 5.71. The third kappa shape index (κ3) is 2.74. The molecule has 2 heterocycles. The van der Waals surface area contributed by atoms with Gasteiger partial charge in [-0.1, -0.05) is 11.8 Å². The first-order valence-corrected chi connectivity index (χ1v) is 9.55. The maximum absolute atomic E-state index is 13.0. The number of benzene rings is 1. The number of aromatic nitrogens is 2. The van der Waals surface area contributed by atoms with E-state index in [9.17, 15) is 9.18 Å². The van der Waals surface area contributed by atoms with E-state index in [4.69, 9.17) is 0 Å². The fourth-order valence-electron chi connectivity index (χ4n) is 3.06. The first-order valence-electron chi connectivity index (χ1n) is 7.85.